The number of amides is 1. The second kappa shape index (κ2) is 8.98. The maximum atomic E-state index is 12.1. The summed E-state index contributed by atoms with van der Waals surface area (Å²) < 4.78 is 5.78. The molecule has 6 heteroatoms. The molecule has 0 aliphatic carbocycles. The van der Waals surface area contributed by atoms with Gasteiger partial charge < -0.3 is 15.0 Å². The minimum absolute atomic E-state index is 0.198. The summed E-state index contributed by atoms with van der Waals surface area (Å²) in [4.78, 5) is 16.3. The van der Waals surface area contributed by atoms with E-state index in [1.165, 1.54) is 0 Å². The van der Waals surface area contributed by atoms with Crippen molar-refractivity contribution in [3.8, 4) is 6.07 Å². The standard InChI is InChI=1S/C15H26N4O2/c16-5-1-8-18-9-11-19(12-10-18)15(20)4-13-21-14-2-6-17-7-3-14/h14,17H,1-4,6-13H2. The number of nitrogens with one attached hydrogen (secondary N) is 1. The third-order valence-corrected chi connectivity index (χ3v) is 4.22. The molecular formula is C15H26N4O2. The Hall–Kier alpha value is -1.16. The number of nitrogens with zero attached hydrogens (tertiary/aromatic N) is 3. The summed E-state index contributed by atoms with van der Waals surface area (Å²) in [5, 5.41) is 11.9. The van der Waals surface area contributed by atoms with Crippen molar-refractivity contribution in [1.29, 1.82) is 5.26 Å². The van der Waals surface area contributed by atoms with Crippen molar-refractivity contribution in [3.63, 3.8) is 0 Å². The molecule has 0 saturated carbocycles. The fraction of sp³-hybridized carbons (Fsp3) is 0.867. The first-order valence-corrected chi connectivity index (χ1v) is 7.99. The van der Waals surface area contributed by atoms with Gasteiger partial charge in [-0.2, -0.15) is 5.26 Å². The molecule has 0 radical (unpaired) electrons. The van der Waals surface area contributed by atoms with E-state index in [2.05, 4.69) is 16.3 Å². The number of ether oxygens (including phenoxy) is 1. The zero-order valence-corrected chi connectivity index (χ0v) is 12.7. The van der Waals surface area contributed by atoms with Gasteiger partial charge in [-0.25, -0.2) is 0 Å². The highest BCUT2D eigenvalue weighted by atomic mass is 16.5. The summed E-state index contributed by atoms with van der Waals surface area (Å²) in [7, 11) is 0. The Morgan fingerprint density at radius 2 is 1.95 bits per heavy atom. The molecule has 0 bridgehead atoms. The molecule has 0 aromatic heterocycles. The van der Waals surface area contributed by atoms with Crippen LogP contribution in [-0.4, -0.2) is 74.2 Å². The van der Waals surface area contributed by atoms with Crippen molar-refractivity contribution in [2.45, 2.75) is 31.8 Å². The average Bonchev–Trinajstić information content (AvgIpc) is 2.54. The molecule has 0 unspecified atom stereocenters. The maximum Gasteiger partial charge on any atom is 0.224 e. The molecule has 2 aliphatic heterocycles. The van der Waals surface area contributed by atoms with Crippen LogP contribution in [0.4, 0.5) is 0 Å². The lowest BCUT2D eigenvalue weighted by Gasteiger charge is -2.34. The van der Waals surface area contributed by atoms with Crippen LogP contribution in [0.25, 0.3) is 0 Å². The summed E-state index contributed by atoms with van der Waals surface area (Å²) >= 11 is 0. The predicted molar refractivity (Wildman–Crippen MR) is 79.7 cm³/mol. The lowest BCUT2D eigenvalue weighted by molar-refractivity contribution is -0.134. The smallest absolute Gasteiger partial charge is 0.224 e. The molecule has 2 aliphatic rings. The second-order valence-corrected chi connectivity index (χ2v) is 5.70. The second-order valence-electron chi connectivity index (χ2n) is 5.70. The lowest BCUT2D eigenvalue weighted by atomic mass is 10.1. The van der Waals surface area contributed by atoms with Crippen LogP contribution < -0.4 is 5.32 Å². The van der Waals surface area contributed by atoms with E-state index in [0.29, 0.717) is 25.6 Å². The highest BCUT2D eigenvalue weighted by Gasteiger charge is 2.21. The first kappa shape index (κ1) is 16.2. The molecule has 0 atom stereocenters. The number of carbonyl (C=O) groups is 1. The summed E-state index contributed by atoms with van der Waals surface area (Å²) in [6.07, 6.45) is 3.47. The largest absolute Gasteiger partial charge is 0.378 e. The van der Waals surface area contributed by atoms with Crippen LogP contribution >= 0.6 is 0 Å². The molecule has 1 N–H and O–H groups in total. The number of hydrogen-bond acceptors (Lipinski definition) is 5. The Bertz CT molecular complexity index is 355. The van der Waals surface area contributed by atoms with E-state index in [-0.39, 0.29) is 5.91 Å². The zero-order valence-electron chi connectivity index (χ0n) is 12.7. The van der Waals surface area contributed by atoms with Crippen molar-refractivity contribution < 1.29 is 9.53 Å². The third-order valence-electron chi connectivity index (χ3n) is 4.22. The summed E-state index contributed by atoms with van der Waals surface area (Å²) in [6, 6.07) is 2.16. The van der Waals surface area contributed by atoms with Crippen molar-refractivity contribution in [1.82, 2.24) is 15.1 Å². The molecule has 118 valence electrons. The van der Waals surface area contributed by atoms with Gasteiger partial charge in [0.15, 0.2) is 0 Å². The Balaban J connectivity index is 1.57. The lowest BCUT2D eigenvalue weighted by Crippen LogP contribution is -2.49. The van der Waals surface area contributed by atoms with Crippen LogP contribution in [0.3, 0.4) is 0 Å². The monoisotopic (exact) mass is 294 g/mol. The van der Waals surface area contributed by atoms with Gasteiger partial charge in [-0.1, -0.05) is 0 Å². The molecule has 6 nitrogen and oxygen atoms in total. The van der Waals surface area contributed by atoms with Crippen LogP contribution in [0.2, 0.25) is 0 Å². The highest BCUT2D eigenvalue weighted by molar-refractivity contribution is 5.76. The molecular weight excluding hydrogens is 268 g/mol. The Morgan fingerprint density at radius 3 is 2.62 bits per heavy atom. The van der Waals surface area contributed by atoms with Crippen LogP contribution in [0, 0.1) is 11.3 Å². The average molecular weight is 294 g/mol. The van der Waals surface area contributed by atoms with Crippen LogP contribution in [-0.2, 0) is 9.53 Å². The molecule has 2 saturated heterocycles. The molecule has 2 fully saturated rings. The summed E-state index contributed by atoms with van der Waals surface area (Å²) in [5.74, 6) is 0.198. The first-order chi connectivity index (χ1) is 10.3. The summed E-state index contributed by atoms with van der Waals surface area (Å²) in [5.41, 5.74) is 0. The Labute approximate surface area is 127 Å². The van der Waals surface area contributed by atoms with E-state index in [1.54, 1.807) is 0 Å². The third kappa shape index (κ3) is 5.62. The SMILES string of the molecule is N#CCCN1CCN(C(=O)CCOC2CCNCC2)CC1. The Morgan fingerprint density at radius 1 is 1.24 bits per heavy atom. The number of piperidine rings is 1. The van der Waals surface area contributed by atoms with Crippen molar-refractivity contribution in [2.24, 2.45) is 0 Å². The quantitative estimate of drug-likeness (QED) is 0.758. The molecule has 21 heavy (non-hydrogen) atoms. The minimum atomic E-state index is 0.198. The number of rotatable bonds is 6. The van der Waals surface area contributed by atoms with Crippen molar-refractivity contribution in [3.05, 3.63) is 0 Å². The topological polar surface area (TPSA) is 68.6 Å². The first-order valence-electron chi connectivity index (χ1n) is 7.99. The number of carbonyl (C=O) groups excluding carboxylic acids is 1. The van der Waals surface area contributed by atoms with E-state index in [0.717, 1.165) is 58.7 Å². The van der Waals surface area contributed by atoms with Gasteiger partial charge in [0.1, 0.15) is 0 Å². The van der Waals surface area contributed by atoms with Gasteiger partial charge in [-0.3, -0.25) is 9.69 Å². The maximum absolute atomic E-state index is 12.1. The van der Waals surface area contributed by atoms with E-state index < -0.39 is 0 Å². The zero-order chi connectivity index (χ0) is 14.9. The van der Waals surface area contributed by atoms with Gasteiger partial charge in [0.05, 0.1) is 25.2 Å². The van der Waals surface area contributed by atoms with Crippen LogP contribution in [0.15, 0.2) is 0 Å². The van der Waals surface area contributed by atoms with Gasteiger partial charge in [0.25, 0.3) is 0 Å². The fourth-order valence-corrected chi connectivity index (χ4v) is 2.86. The molecule has 2 heterocycles. The fourth-order valence-electron chi connectivity index (χ4n) is 2.86. The normalized spacial score (nSPS) is 21.2. The van der Waals surface area contributed by atoms with Gasteiger partial charge in [-0.15, -0.1) is 0 Å². The van der Waals surface area contributed by atoms with Crippen molar-refractivity contribution in [2.75, 3.05) is 52.4 Å². The molecule has 0 aromatic carbocycles. The van der Waals surface area contributed by atoms with Crippen LogP contribution in [0.1, 0.15) is 25.7 Å². The van der Waals surface area contributed by atoms with E-state index in [4.69, 9.17) is 10.00 Å². The van der Waals surface area contributed by atoms with E-state index in [1.807, 2.05) is 4.90 Å². The van der Waals surface area contributed by atoms with Gasteiger partial charge in [0.2, 0.25) is 5.91 Å². The molecule has 0 spiro atoms. The minimum Gasteiger partial charge on any atom is -0.378 e. The van der Waals surface area contributed by atoms with Crippen molar-refractivity contribution >= 4 is 5.91 Å². The van der Waals surface area contributed by atoms with Gasteiger partial charge in [0, 0.05) is 39.1 Å². The molecule has 0 aromatic rings. The molecule has 1 amide bonds. The van der Waals surface area contributed by atoms with E-state index >= 15 is 0 Å². The van der Waals surface area contributed by atoms with Crippen LogP contribution in [0.5, 0.6) is 0 Å². The summed E-state index contributed by atoms with van der Waals surface area (Å²) in [6.45, 7) is 6.70. The van der Waals surface area contributed by atoms with Gasteiger partial charge >= 0.3 is 0 Å². The highest BCUT2D eigenvalue weighted by Crippen LogP contribution is 2.09. The Kier molecular flexibility index (Phi) is 6.93. The van der Waals surface area contributed by atoms with Gasteiger partial charge in [-0.05, 0) is 25.9 Å². The number of nitriles is 1. The number of piperazine rings is 1. The van der Waals surface area contributed by atoms with E-state index in [9.17, 15) is 4.79 Å². The molecule has 2 rings (SSSR count). The number of hydrogen-bond donors (Lipinski definition) is 1. The predicted octanol–water partition coefficient (Wildman–Crippen LogP) is 0.203.